The number of hydrogen-bond donors (Lipinski definition) is 0. The van der Waals surface area contributed by atoms with Crippen LogP contribution in [0.3, 0.4) is 0 Å². The van der Waals surface area contributed by atoms with E-state index in [4.69, 9.17) is 0 Å². The minimum atomic E-state index is -0.398. The number of rotatable bonds is 3. The molecule has 0 atom stereocenters. The summed E-state index contributed by atoms with van der Waals surface area (Å²) in [5, 5.41) is 0. The van der Waals surface area contributed by atoms with E-state index < -0.39 is 5.97 Å². The van der Waals surface area contributed by atoms with Gasteiger partial charge in [0.1, 0.15) is 0 Å². The van der Waals surface area contributed by atoms with Crippen LogP contribution in [0.4, 0.5) is 0 Å². The molecule has 1 rings (SSSR count). The zero-order chi connectivity index (χ0) is 11.4. The highest BCUT2D eigenvalue weighted by Gasteiger charge is 2.07. The topological polar surface area (TPSA) is 43.4 Å². The van der Waals surface area contributed by atoms with Crippen LogP contribution in [0.25, 0.3) is 6.08 Å². The molecule has 0 spiro atoms. The van der Waals surface area contributed by atoms with E-state index in [0.29, 0.717) is 0 Å². The minimum absolute atomic E-state index is 0.0511. The number of Topliss-reactive ketones (excluding diaryl/α,β-unsaturated/α-hetero) is 1. The van der Waals surface area contributed by atoms with Crippen LogP contribution < -0.4 is 0 Å². The highest BCUT2D eigenvalue weighted by molar-refractivity contribution is 7.15. The Morgan fingerprint density at radius 2 is 2.13 bits per heavy atom. The lowest BCUT2D eigenvalue weighted by atomic mass is 10.2. The van der Waals surface area contributed by atoms with Gasteiger partial charge in [-0.05, 0) is 31.6 Å². The second-order valence-corrected chi connectivity index (χ2v) is 4.16. The normalized spacial score (nSPS) is 10.6. The zero-order valence-corrected chi connectivity index (χ0v) is 9.68. The molecule has 0 unspecified atom stereocenters. The fraction of sp³-hybridized carbons (Fsp3) is 0.273. The predicted molar refractivity (Wildman–Crippen MR) is 60.1 cm³/mol. The summed E-state index contributed by atoms with van der Waals surface area (Å²) < 4.78 is 4.47. The van der Waals surface area contributed by atoms with Crippen molar-refractivity contribution in [3.05, 3.63) is 27.5 Å². The SMILES string of the molecule is COC(=O)/C=C/c1cc(C)c(C(C)=O)s1. The maximum Gasteiger partial charge on any atom is 0.330 e. The third kappa shape index (κ3) is 3.02. The van der Waals surface area contributed by atoms with Crippen molar-refractivity contribution in [3.63, 3.8) is 0 Å². The first-order valence-electron chi connectivity index (χ1n) is 4.42. The highest BCUT2D eigenvalue weighted by atomic mass is 32.1. The van der Waals surface area contributed by atoms with Crippen molar-refractivity contribution in [1.29, 1.82) is 0 Å². The molecule has 0 bridgehead atoms. The minimum Gasteiger partial charge on any atom is -0.466 e. The molecular weight excluding hydrogens is 212 g/mol. The van der Waals surface area contributed by atoms with Gasteiger partial charge in [-0.25, -0.2) is 4.79 Å². The summed E-state index contributed by atoms with van der Waals surface area (Å²) in [6, 6.07) is 1.88. The Hall–Kier alpha value is -1.42. The van der Waals surface area contributed by atoms with E-state index in [9.17, 15) is 9.59 Å². The number of aryl methyl sites for hydroxylation is 1. The molecule has 15 heavy (non-hydrogen) atoms. The lowest BCUT2D eigenvalue weighted by Crippen LogP contribution is -1.92. The highest BCUT2D eigenvalue weighted by Crippen LogP contribution is 2.23. The monoisotopic (exact) mass is 224 g/mol. The van der Waals surface area contributed by atoms with Crippen LogP contribution in [0.1, 0.15) is 27.0 Å². The van der Waals surface area contributed by atoms with Gasteiger partial charge in [-0.15, -0.1) is 11.3 Å². The van der Waals surface area contributed by atoms with E-state index in [1.807, 2.05) is 13.0 Å². The smallest absolute Gasteiger partial charge is 0.330 e. The van der Waals surface area contributed by atoms with Crippen LogP contribution in [0.2, 0.25) is 0 Å². The third-order valence-corrected chi connectivity index (χ3v) is 3.14. The Morgan fingerprint density at radius 1 is 1.47 bits per heavy atom. The Kier molecular flexibility index (Phi) is 3.80. The Morgan fingerprint density at radius 3 is 2.60 bits per heavy atom. The average molecular weight is 224 g/mol. The van der Waals surface area contributed by atoms with Crippen LogP contribution in [-0.2, 0) is 9.53 Å². The zero-order valence-electron chi connectivity index (χ0n) is 8.87. The lowest BCUT2D eigenvalue weighted by molar-refractivity contribution is -0.134. The fourth-order valence-corrected chi connectivity index (χ4v) is 2.13. The first-order chi connectivity index (χ1) is 7.04. The summed E-state index contributed by atoms with van der Waals surface area (Å²) in [6.45, 7) is 3.41. The van der Waals surface area contributed by atoms with Crippen molar-refractivity contribution < 1.29 is 14.3 Å². The molecule has 0 saturated heterocycles. The van der Waals surface area contributed by atoms with Gasteiger partial charge in [-0.3, -0.25) is 4.79 Å². The molecule has 4 heteroatoms. The third-order valence-electron chi connectivity index (χ3n) is 1.84. The molecule has 0 aromatic carbocycles. The van der Waals surface area contributed by atoms with Gasteiger partial charge in [-0.1, -0.05) is 0 Å². The summed E-state index contributed by atoms with van der Waals surface area (Å²) in [7, 11) is 1.33. The number of thiophene rings is 1. The molecule has 1 aromatic heterocycles. The van der Waals surface area contributed by atoms with Crippen molar-refractivity contribution in [2.24, 2.45) is 0 Å². The van der Waals surface area contributed by atoms with E-state index in [0.717, 1.165) is 15.3 Å². The Labute approximate surface area is 92.4 Å². The quantitative estimate of drug-likeness (QED) is 0.450. The second-order valence-electron chi connectivity index (χ2n) is 3.07. The van der Waals surface area contributed by atoms with E-state index in [-0.39, 0.29) is 5.78 Å². The van der Waals surface area contributed by atoms with Crippen molar-refractivity contribution in [2.45, 2.75) is 13.8 Å². The molecule has 3 nitrogen and oxygen atoms in total. The van der Waals surface area contributed by atoms with Crippen LogP contribution in [0, 0.1) is 6.92 Å². The molecule has 0 amide bonds. The molecule has 0 fully saturated rings. The first-order valence-corrected chi connectivity index (χ1v) is 5.23. The summed E-state index contributed by atoms with van der Waals surface area (Å²) in [5.41, 5.74) is 0.942. The summed E-state index contributed by atoms with van der Waals surface area (Å²) in [5.74, 6) is -0.347. The Bertz CT molecular complexity index is 415. The van der Waals surface area contributed by atoms with Gasteiger partial charge in [-0.2, -0.15) is 0 Å². The molecule has 0 aliphatic rings. The van der Waals surface area contributed by atoms with Gasteiger partial charge in [0, 0.05) is 11.0 Å². The molecule has 1 aromatic rings. The molecule has 0 N–H and O–H groups in total. The number of carbonyl (C=O) groups excluding carboxylic acids is 2. The molecule has 0 aliphatic carbocycles. The van der Waals surface area contributed by atoms with Crippen LogP contribution in [0.15, 0.2) is 12.1 Å². The van der Waals surface area contributed by atoms with Crippen molar-refractivity contribution >= 4 is 29.2 Å². The van der Waals surface area contributed by atoms with Crippen molar-refractivity contribution in [1.82, 2.24) is 0 Å². The van der Waals surface area contributed by atoms with E-state index in [2.05, 4.69) is 4.74 Å². The van der Waals surface area contributed by atoms with Crippen LogP contribution in [0.5, 0.6) is 0 Å². The average Bonchev–Trinajstić information content (AvgIpc) is 2.56. The number of esters is 1. The number of hydrogen-bond acceptors (Lipinski definition) is 4. The van der Waals surface area contributed by atoms with Crippen molar-refractivity contribution in [2.75, 3.05) is 7.11 Å². The number of methoxy groups -OCH3 is 1. The van der Waals surface area contributed by atoms with Gasteiger partial charge in [0.05, 0.1) is 12.0 Å². The summed E-state index contributed by atoms with van der Waals surface area (Å²) >= 11 is 1.38. The molecule has 1 heterocycles. The second kappa shape index (κ2) is 4.89. The molecule has 0 radical (unpaired) electrons. The summed E-state index contributed by atoms with van der Waals surface area (Å²) in [6.07, 6.45) is 2.99. The fourth-order valence-electron chi connectivity index (χ4n) is 1.16. The largest absolute Gasteiger partial charge is 0.466 e. The summed E-state index contributed by atoms with van der Waals surface area (Å²) in [4.78, 5) is 23.6. The van der Waals surface area contributed by atoms with E-state index in [1.54, 1.807) is 6.08 Å². The van der Waals surface area contributed by atoms with Gasteiger partial charge < -0.3 is 4.74 Å². The molecule has 0 aliphatic heterocycles. The standard InChI is InChI=1S/C11H12O3S/c1-7-6-9(4-5-10(13)14-3)15-11(7)8(2)12/h4-6H,1-3H3/b5-4+. The maximum absolute atomic E-state index is 11.2. The molecule has 0 saturated carbocycles. The van der Waals surface area contributed by atoms with Crippen LogP contribution >= 0.6 is 11.3 Å². The van der Waals surface area contributed by atoms with Gasteiger partial charge in [0.25, 0.3) is 0 Å². The van der Waals surface area contributed by atoms with Gasteiger partial charge in [0.15, 0.2) is 5.78 Å². The number of ketones is 1. The lowest BCUT2D eigenvalue weighted by Gasteiger charge is -1.88. The Balaban J connectivity index is 2.89. The van der Waals surface area contributed by atoms with Crippen LogP contribution in [-0.4, -0.2) is 18.9 Å². The molecule has 80 valence electrons. The van der Waals surface area contributed by atoms with E-state index >= 15 is 0 Å². The molecular formula is C11H12O3S. The number of ether oxygens (including phenoxy) is 1. The number of carbonyl (C=O) groups is 2. The maximum atomic E-state index is 11.2. The van der Waals surface area contributed by atoms with E-state index in [1.165, 1.54) is 31.4 Å². The van der Waals surface area contributed by atoms with Crippen molar-refractivity contribution in [3.8, 4) is 0 Å². The first kappa shape index (κ1) is 11.7. The predicted octanol–water partition coefficient (Wildman–Crippen LogP) is 2.45. The van der Waals surface area contributed by atoms with Gasteiger partial charge in [0.2, 0.25) is 0 Å². The van der Waals surface area contributed by atoms with Gasteiger partial charge >= 0.3 is 5.97 Å².